The molecule has 0 atom stereocenters. The smallest absolute Gasteiger partial charge is 0.233 e. The van der Waals surface area contributed by atoms with Gasteiger partial charge in [0.25, 0.3) is 0 Å². The van der Waals surface area contributed by atoms with Gasteiger partial charge in [-0.1, -0.05) is 35.9 Å². The predicted octanol–water partition coefficient (Wildman–Crippen LogP) is 4.77. The molecule has 0 aliphatic rings. The lowest BCUT2D eigenvalue weighted by atomic mass is 10.1. The zero-order valence-corrected chi connectivity index (χ0v) is 15.5. The molecule has 28 heavy (non-hydrogen) atoms. The number of fused-ring (bicyclic) bond motifs is 2. The highest BCUT2D eigenvalue weighted by Gasteiger charge is 2.15. The van der Waals surface area contributed by atoms with Crippen LogP contribution in [-0.2, 0) is 0 Å². The number of aromatic nitrogens is 5. The minimum absolute atomic E-state index is 0.463. The molecule has 0 saturated heterocycles. The molecule has 0 N–H and O–H groups in total. The molecule has 0 radical (unpaired) electrons. The summed E-state index contributed by atoms with van der Waals surface area (Å²) in [6.45, 7) is 4.05. The molecule has 3 aromatic heterocycles. The summed E-state index contributed by atoms with van der Waals surface area (Å²) in [7, 11) is 0. The Morgan fingerprint density at radius 2 is 1.75 bits per heavy atom. The monoisotopic (exact) mass is 367 g/mol. The minimum atomic E-state index is 0.463. The van der Waals surface area contributed by atoms with Gasteiger partial charge in [0, 0.05) is 11.6 Å². The Bertz CT molecular complexity index is 1310. The van der Waals surface area contributed by atoms with Gasteiger partial charge in [-0.05, 0) is 37.6 Å². The second-order valence-corrected chi connectivity index (χ2v) is 6.70. The van der Waals surface area contributed by atoms with E-state index >= 15 is 0 Å². The first-order valence-electron chi connectivity index (χ1n) is 8.99. The summed E-state index contributed by atoms with van der Waals surface area (Å²) < 4.78 is 8.03. The van der Waals surface area contributed by atoms with Crippen LogP contribution >= 0.6 is 0 Å². The summed E-state index contributed by atoms with van der Waals surface area (Å²) >= 11 is 0. The van der Waals surface area contributed by atoms with Gasteiger partial charge < -0.3 is 4.74 Å². The fourth-order valence-electron chi connectivity index (χ4n) is 3.22. The highest BCUT2D eigenvalue weighted by atomic mass is 16.5. The number of ether oxygens (including phenoxy) is 1. The number of hydrogen-bond donors (Lipinski definition) is 0. The van der Waals surface area contributed by atoms with E-state index in [1.165, 1.54) is 11.9 Å². The second-order valence-electron chi connectivity index (χ2n) is 6.70. The van der Waals surface area contributed by atoms with Gasteiger partial charge in [-0.3, -0.25) is 4.98 Å². The van der Waals surface area contributed by atoms with Crippen molar-refractivity contribution in [3.05, 3.63) is 78.4 Å². The normalized spacial score (nSPS) is 11.2. The highest BCUT2D eigenvalue weighted by molar-refractivity contribution is 5.87. The molecule has 136 valence electrons. The lowest BCUT2D eigenvalue weighted by Gasteiger charge is -2.11. The third-order valence-corrected chi connectivity index (χ3v) is 4.73. The molecule has 6 heteroatoms. The first kappa shape index (κ1) is 16.4. The van der Waals surface area contributed by atoms with Crippen molar-refractivity contribution in [3.8, 4) is 17.3 Å². The average molecular weight is 367 g/mol. The van der Waals surface area contributed by atoms with Gasteiger partial charge in [0.15, 0.2) is 11.4 Å². The van der Waals surface area contributed by atoms with Crippen LogP contribution in [0.1, 0.15) is 11.1 Å². The molecule has 0 bridgehead atoms. The number of hydrogen-bond acceptors (Lipinski definition) is 5. The summed E-state index contributed by atoms with van der Waals surface area (Å²) in [5, 5.41) is 6.26. The molecule has 0 spiro atoms. The molecule has 3 heterocycles. The second kappa shape index (κ2) is 6.42. The molecule has 5 rings (SSSR count). The zero-order valence-electron chi connectivity index (χ0n) is 15.5. The first-order valence-corrected chi connectivity index (χ1v) is 8.99. The summed E-state index contributed by atoms with van der Waals surface area (Å²) in [5.41, 5.74) is 4.62. The zero-order chi connectivity index (χ0) is 19.1. The van der Waals surface area contributed by atoms with Crippen LogP contribution < -0.4 is 4.74 Å². The fraction of sp³-hybridized carbons (Fsp3) is 0.0909. The van der Waals surface area contributed by atoms with Gasteiger partial charge in [0.2, 0.25) is 5.88 Å². The number of nitrogens with zero attached hydrogens (tertiary/aromatic N) is 5. The highest BCUT2D eigenvalue weighted by Crippen LogP contribution is 2.34. The summed E-state index contributed by atoms with van der Waals surface area (Å²) in [6, 6.07) is 16.1. The molecular weight excluding hydrogens is 350 g/mol. The molecular formula is C22H17N5O. The number of rotatable bonds is 3. The van der Waals surface area contributed by atoms with Crippen LogP contribution in [0, 0.1) is 13.8 Å². The largest absolute Gasteiger partial charge is 0.436 e. The summed E-state index contributed by atoms with van der Waals surface area (Å²) in [6.07, 6.45) is 5.00. The third-order valence-electron chi connectivity index (χ3n) is 4.73. The molecule has 5 aromatic rings. The van der Waals surface area contributed by atoms with E-state index in [9.17, 15) is 0 Å². The van der Waals surface area contributed by atoms with E-state index in [1.54, 1.807) is 17.1 Å². The lowest BCUT2D eigenvalue weighted by Crippen LogP contribution is -1.99. The van der Waals surface area contributed by atoms with Gasteiger partial charge in [-0.2, -0.15) is 5.10 Å². The maximum atomic E-state index is 6.24. The Morgan fingerprint density at radius 3 is 2.61 bits per heavy atom. The maximum absolute atomic E-state index is 6.24. The van der Waals surface area contributed by atoms with E-state index in [1.807, 2.05) is 55.5 Å². The van der Waals surface area contributed by atoms with Crippen LogP contribution in [0.2, 0.25) is 0 Å². The van der Waals surface area contributed by atoms with Gasteiger partial charge in [0.1, 0.15) is 17.2 Å². The van der Waals surface area contributed by atoms with Crippen LogP contribution in [0.5, 0.6) is 11.6 Å². The number of pyridine rings is 1. The van der Waals surface area contributed by atoms with E-state index in [4.69, 9.17) is 4.74 Å². The molecule has 0 amide bonds. The quantitative estimate of drug-likeness (QED) is 0.459. The van der Waals surface area contributed by atoms with Gasteiger partial charge in [0.05, 0.1) is 11.9 Å². The number of aryl methyl sites for hydroxylation is 2. The molecule has 0 aliphatic heterocycles. The van der Waals surface area contributed by atoms with Gasteiger partial charge >= 0.3 is 0 Å². The predicted molar refractivity (Wildman–Crippen MR) is 108 cm³/mol. The van der Waals surface area contributed by atoms with E-state index in [0.29, 0.717) is 17.3 Å². The van der Waals surface area contributed by atoms with Gasteiger partial charge in [-0.25, -0.2) is 14.6 Å². The topological polar surface area (TPSA) is 65.7 Å². The van der Waals surface area contributed by atoms with Crippen molar-refractivity contribution < 1.29 is 4.74 Å². The van der Waals surface area contributed by atoms with Gasteiger partial charge in [-0.15, -0.1) is 0 Å². The Balaban J connectivity index is 1.64. The van der Waals surface area contributed by atoms with Crippen LogP contribution in [0.3, 0.4) is 0 Å². The Morgan fingerprint density at radius 1 is 0.893 bits per heavy atom. The van der Waals surface area contributed by atoms with E-state index in [0.717, 1.165) is 27.5 Å². The third kappa shape index (κ3) is 2.66. The minimum Gasteiger partial charge on any atom is -0.436 e. The van der Waals surface area contributed by atoms with Crippen molar-refractivity contribution in [1.29, 1.82) is 0 Å². The van der Waals surface area contributed by atoms with Crippen LogP contribution in [0.4, 0.5) is 0 Å². The van der Waals surface area contributed by atoms with E-state index in [-0.39, 0.29) is 0 Å². The Labute approximate surface area is 161 Å². The van der Waals surface area contributed by atoms with Crippen molar-refractivity contribution in [2.24, 2.45) is 0 Å². The molecule has 0 fully saturated rings. The number of benzene rings is 2. The molecule has 0 saturated carbocycles. The van der Waals surface area contributed by atoms with Crippen molar-refractivity contribution in [3.63, 3.8) is 0 Å². The van der Waals surface area contributed by atoms with Crippen molar-refractivity contribution in [2.75, 3.05) is 0 Å². The van der Waals surface area contributed by atoms with Crippen molar-refractivity contribution >= 4 is 21.9 Å². The Kier molecular flexibility index (Phi) is 3.76. The SMILES string of the molecule is Cc1ccc(-n2ncc3c(Oc4c(C)ccc5cccnc45)ncnc32)cc1. The Hall–Kier alpha value is -3.80. The molecule has 6 nitrogen and oxygen atoms in total. The van der Waals surface area contributed by atoms with Crippen LogP contribution in [-0.4, -0.2) is 24.7 Å². The average Bonchev–Trinajstić information content (AvgIpc) is 3.16. The maximum Gasteiger partial charge on any atom is 0.233 e. The fourth-order valence-corrected chi connectivity index (χ4v) is 3.22. The molecule has 2 aromatic carbocycles. The summed E-state index contributed by atoms with van der Waals surface area (Å²) in [5.74, 6) is 1.16. The van der Waals surface area contributed by atoms with E-state index < -0.39 is 0 Å². The molecule has 0 unspecified atom stereocenters. The first-order chi connectivity index (χ1) is 13.7. The van der Waals surface area contributed by atoms with Crippen LogP contribution in [0.25, 0.3) is 27.6 Å². The molecule has 0 aliphatic carbocycles. The van der Waals surface area contributed by atoms with Crippen molar-refractivity contribution in [1.82, 2.24) is 24.7 Å². The summed E-state index contributed by atoms with van der Waals surface area (Å²) in [4.78, 5) is 13.3. The lowest BCUT2D eigenvalue weighted by molar-refractivity contribution is 0.469. The van der Waals surface area contributed by atoms with Crippen LogP contribution in [0.15, 0.2) is 67.3 Å². The standard InChI is InChI=1S/C22H17N5O/c1-14-5-9-17(10-6-14)27-21-18(12-26-27)22(25-13-24-21)28-20-15(2)7-8-16-4-3-11-23-19(16)20/h3-13H,1-2H3. The van der Waals surface area contributed by atoms with E-state index in [2.05, 4.69) is 27.0 Å². The van der Waals surface area contributed by atoms with Crippen molar-refractivity contribution in [2.45, 2.75) is 13.8 Å².